The van der Waals surface area contributed by atoms with Gasteiger partial charge in [0, 0.05) is 11.3 Å². The van der Waals surface area contributed by atoms with E-state index < -0.39 is 17.7 Å². The lowest BCUT2D eigenvalue weighted by molar-refractivity contribution is -0.132. The number of carbonyl (C=O) groups excluding carboxylic acids is 2. The van der Waals surface area contributed by atoms with Gasteiger partial charge in [-0.05, 0) is 70.4 Å². The third kappa shape index (κ3) is 3.65. The molecule has 1 aliphatic heterocycles. The molecule has 3 aromatic rings. The van der Waals surface area contributed by atoms with Crippen LogP contribution >= 0.6 is 15.9 Å². The number of aryl methyl sites for hydroxylation is 1. The maximum atomic E-state index is 13.2. The normalized spacial score (nSPS) is 17.6. The molecule has 7 heteroatoms. The molecule has 2 N–H and O–H groups in total. The van der Waals surface area contributed by atoms with Crippen LogP contribution in [0.2, 0.25) is 0 Å². The molecule has 4 rings (SSSR count). The third-order valence-corrected chi connectivity index (χ3v) is 6.07. The number of benzene rings is 3. The van der Waals surface area contributed by atoms with Gasteiger partial charge in [0.15, 0.2) is 0 Å². The Hall–Kier alpha value is -3.58. The molecule has 0 bridgehead atoms. The fourth-order valence-electron chi connectivity index (χ4n) is 3.86. The molecule has 0 aromatic heterocycles. The first-order chi connectivity index (χ1) is 15.3. The van der Waals surface area contributed by atoms with Crippen LogP contribution in [-0.2, 0) is 9.59 Å². The number of rotatable bonds is 4. The number of nitrogens with zero attached hydrogens (tertiary/aromatic N) is 1. The molecular formula is C25H20BrNO5. The van der Waals surface area contributed by atoms with Gasteiger partial charge in [-0.2, -0.15) is 0 Å². The van der Waals surface area contributed by atoms with E-state index >= 15 is 0 Å². The lowest BCUT2D eigenvalue weighted by atomic mass is 9.95. The van der Waals surface area contributed by atoms with Crippen LogP contribution in [0.5, 0.6) is 11.5 Å². The Labute approximate surface area is 193 Å². The fraction of sp³-hybridized carbons (Fsp3) is 0.120. The third-order valence-electron chi connectivity index (χ3n) is 5.45. The largest absolute Gasteiger partial charge is 0.508 e. The van der Waals surface area contributed by atoms with Crippen molar-refractivity contribution in [2.45, 2.75) is 13.0 Å². The summed E-state index contributed by atoms with van der Waals surface area (Å²) >= 11 is 3.39. The van der Waals surface area contributed by atoms with Gasteiger partial charge in [-0.1, -0.05) is 30.3 Å². The number of aliphatic hydroxyl groups excluding tert-OH is 1. The van der Waals surface area contributed by atoms with Gasteiger partial charge in [-0.15, -0.1) is 0 Å². The molecule has 0 aliphatic carbocycles. The van der Waals surface area contributed by atoms with Crippen LogP contribution in [0.1, 0.15) is 22.7 Å². The maximum Gasteiger partial charge on any atom is 0.300 e. The topological polar surface area (TPSA) is 87.1 Å². The van der Waals surface area contributed by atoms with E-state index in [4.69, 9.17) is 4.74 Å². The number of aliphatic hydroxyl groups is 1. The summed E-state index contributed by atoms with van der Waals surface area (Å²) in [4.78, 5) is 27.8. The molecule has 0 radical (unpaired) electrons. The van der Waals surface area contributed by atoms with E-state index in [1.807, 2.05) is 19.1 Å². The molecular weight excluding hydrogens is 474 g/mol. The van der Waals surface area contributed by atoms with Crippen LogP contribution in [0, 0.1) is 6.92 Å². The van der Waals surface area contributed by atoms with Crippen LogP contribution in [0.4, 0.5) is 5.69 Å². The van der Waals surface area contributed by atoms with Crippen LogP contribution in [-0.4, -0.2) is 29.0 Å². The van der Waals surface area contributed by atoms with Gasteiger partial charge in [0.2, 0.25) is 0 Å². The van der Waals surface area contributed by atoms with Crippen molar-refractivity contribution < 1.29 is 24.5 Å². The second-order valence-electron chi connectivity index (χ2n) is 7.40. The number of carbonyl (C=O) groups is 2. The highest BCUT2D eigenvalue weighted by Gasteiger charge is 2.47. The van der Waals surface area contributed by atoms with Crippen molar-refractivity contribution in [1.29, 1.82) is 0 Å². The van der Waals surface area contributed by atoms with E-state index in [2.05, 4.69) is 15.9 Å². The molecule has 6 nitrogen and oxygen atoms in total. The second-order valence-corrected chi connectivity index (χ2v) is 8.25. The molecule has 1 atom stereocenters. The number of anilines is 1. The first kappa shape index (κ1) is 21.6. The molecule has 32 heavy (non-hydrogen) atoms. The summed E-state index contributed by atoms with van der Waals surface area (Å²) in [6.07, 6.45) is 0. The number of amides is 1. The van der Waals surface area contributed by atoms with Gasteiger partial charge >= 0.3 is 0 Å². The Kier molecular flexibility index (Phi) is 5.76. The van der Waals surface area contributed by atoms with Crippen molar-refractivity contribution in [2.24, 2.45) is 0 Å². The van der Waals surface area contributed by atoms with Crippen molar-refractivity contribution in [2.75, 3.05) is 12.0 Å². The van der Waals surface area contributed by atoms with Crippen molar-refractivity contribution in [3.63, 3.8) is 0 Å². The zero-order chi connectivity index (χ0) is 23.0. The quantitative estimate of drug-likeness (QED) is 0.300. The smallest absolute Gasteiger partial charge is 0.300 e. The molecule has 3 aromatic carbocycles. The molecule has 1 aliphatic rings. The molecule has 162 valence electrons. The summed E-state index contributed by atoms with van der Waals surface area (Å²) in [6, 6.07) is 17.5. The number of para-hydroxylation sites is 1. The molecule has 0 spiro atoms. The summed E-state index contributed by atoms with van der Waals surface area (Å²) in [5.74, 6) is -1.18. The molecule has 1 amide bonds. The molecule has 1 saturated heterocycles. The number of Topliss-reactive ketones (excluding diaryl/α,β-unsaturated/α-hetero) is 1. The second kappa shape index (κ2) is 8.51. The monoisotopic (exact) mass is 493 g/mol. The van der Waals surface area contributed by atoms with Crippen molar-refractivity contribution in [1.82, 2.24) is 0 Å². The Morgan fingerprint density at radius 3 is 2.34 bits per heavy atom. The standard InChI is InChI=1S/C25H20BrNO5/c1-14-5-3-4-6-19(14)27-22(15-7-10-17(28)11-8-15)21(24(30)25(27)31)23(29)16-9-12-20(32-2)18(26)13-16/h3-13,22,28-29H,1-2H3/b23-21-. The van der Waals surface area contributed by atoms with Crippen LogP contribution in [0.3, 0.4) is 0 Å². The van der Waals surface area contributed by atoms with Crippen LogP contribution in [0.15, 0.2) is 76.8 Å². The number of hydrogen-bond donors (Lipinski definition) is 2. The van der Waals surface area contributed by atoms with Gasteiger partial charge in [0.25, 0.3) is 11.7 Å². The van der Waals surface area contributed by atoms with E-state index in [9.17, 15) is 19.8 Å². The van der Waals surface area contributed by atoms with E-state index in [1.165, 1.54) is 24.1 Å². The number of phenolic OH excluding ortho intramolecular Hbond substituents is 1. The van der Waals surface area contributed by atoms with E-state index in [0.29, 0.717) is 27.0 Å². The van der Waals surface area contributed by atoms with Gasteiger partial charge < -0.3 is 14.9 Å². The first-order valence-corrected chi connectivity index (χ1v) is 10.6. The summed E-state index contributed by atoms with van der Waals surface area (Å²) in [6.45, 7) is 1.85. The minimum atomic E-state index is -0.863. The number of phenols is 1. The predicted octanol–water partition coefficient (Wildman–Crippen LogP) is 5.10. The van der Waals surface area contributed by atoms with Gasteiger partial charge in [0.05, 0.1) is 23.2 Å². The Morgan fingerprint density at radius 2 is 1.72 bits per heavy atom. The zero-order valence-electron chi connectivity index (χ0n) is 17.4. The molecule has 1 heterocycles. The molecule has 1 unspecified atom stereocenters. The Bertz CT molecular complexity index is 1250. The zero-order valence-corrected chi connectivity index (χ0v) is 19.0. The number of hydrogen-bond acceptors (Lipinski definition) is 5. The van der Waals surface area contributed by atoms with Crippen molar-refractivity contribution in [3.05, 3.63) is 93.5 Å². The minimum Gasteiger partial charge on any atom is -0.508 e. The molecule has 1 fully saturated rings. The minimum absolute atomic E-state index is 0.0268. The van der Waals surface area contributed by atoms with Crippen LogP contribution in [0.25, 0.3) is 5.76 Å². The van der Waals surface area contributed by atoms with Crippen LogP contribution < -0.4 is 9.64 Å². The lowest BCUT2D eigenvalue weighted by Crippen LogP contribution is -2.30. The SMILES string of the molecule is COc1ccc(/C(O)=C2/C(=O)C(=O)N(c3ccccc3C)C2c2ccc(O)cc2)cc1Br. The summed E-state index contributed by atoms with van der Waals surface area (Å²) in [7, 11) is 1.53. The highest BCUT2D eigenvalue weighted by atomic mass is 79.9. The lowest BCUT2D eigenvalue weighted by Gasteiger charge is -2.26. The van der Waals surface area contributed by atoms with Gasteiger partial charge in [-0.25, -0.2) is 0 Å². The maximum absolute atomic E-state index is 13.2. The predicted molar refractivity (Wildman–Crippen MR) is 125 cm³/mol. The average molecular weight is 494 g/mol. The highest BCUT2D eigenvalue weighted by Crippen LogP contribution is 2.43. The summed E-state index contributed by atoms with van der Waals surface area (Å²) < 4.78 is 5.83. The highest BCUT2D eigenvalue weighted by molar-refractivity contribution is 9.10. The first-order valence-electron chi connectivity index (χ1n) is 9.83. The van der Waals surface area contributed by atoms with Crippen molar-refractivity contribution in [3.8, 4) is 11.5 Å². The number of ether oxygens (including phenoxy) is 1. The number of methoxy groups -OCH3 is 1. The fourth-order valence-corrected chi connectivity index (χ4v) is 4.40. The summed E-state index contributed by atoms with van der Waals surface area (Å²) in [5.41, 5.74) is 2.30. The van der Waals surface area contributed by atoms with Crippen molar-refractivity contribution >= 4 is 39.1 Å². The van der Waals surface area contributed by atoms with E-state index in [0.717, 1.165) is 5.56 Å². The molecule has 0 saturated carbocycles. The number of aromatic hydroxyl groups is 1. The van der Waals surface area contributed by atoms with Gasteiger partial charge in [0.1, 0.15) is 17.3 Å². The van der Waals surface area contributed by atoms with E-state index in [1.54, 1.807) is 42.5 Å². The summed E-state index contributed by atoms with van der Waals surface area (Å²) in [5, 5.41) is 20.9. The van der Waals surface area contributed by atoms with E-state index in [-0.39, 0.29) is 17.1 Å². The average Bonchev–Trinajstić information content (AvgIpc) is 3.04. The Morgan fingerprint density at radius 1 is 1.03 bits per heavy atom. The Balaban J connectivity index is 1.95. The number of ketones is 1. The van der Waals surface area contributed by atoms with Gasteiger partial charge in [-0.3, -0.25) is 14.5 Å². The number of halogens is 1.